The van der Waals surface area contributed by atoms with Crippen molar-refractivity contribution in [2.75, 3.05) is 31.6 Å². The van der Waals surface area contributed by atoms with E-state index in [4.69, 9.17) is 5.26 Å². The van der Waals surface area contributed by atoms with Crippen LogP contribution >= 0.6 is 0 Å². The maximum absolute atomic E-state index is 13.2. The van der Waals surface area contributed by atoms with Gasteiger partial charge in [-0.2, -0.15) is 5.26 Å². The lowest BCUT2D eigenvalue weighted by atomic mass is 10.1. The molecule has 3 aromatic rings. The number of nitrogens with zero attached hydrogens (tertiary/aromatic N) is 4. The third-order valence-electron chi connectivity index (χ3n) is 6.09. The zero-order valence-electron chi connectivity index (χ0n) is 19.4. The Morgan fingerprint density at radius 3 is 2.70 bits per heavy atom. The first-order valence-corrected chi connectivity index (χ1v) is 11.3. The third-order valence-corrected chi connectivity index (χ3v) is 6.09. The molecule has 1 fully saturated rings. The SMILES string of the molecule is Cc1nc(-c2cccc(C#N)c2)ccc1C(=O)N(C)c1ccc(CN2CCN[C@@H](C)C2)cc1. The molecule has 33 heavy (non-hydrogen) atoms. The molecule has 2 aromatic carbocycles. The van der Waals surface area contributed by atoms with E-state index in [1.807, 2.05) is 43.3 Å². The molecule has 4 rings (SSSR count). The number of piperazine rings is 1. The van der Waals surface area contributed by atoms with Crippen LogP contribution < -0.4 is 10.2 Å². The molecule has 1 saturated heterocycles. The molecule has 0 radical (unpaired) electrons. The molecule has 6 nitrogen and oxygen atoms in total. The molecule has 0 saturated carbocycles. The molecule has 1 aliphatic rings. The molecule has 1 amide bonds. The Morgan fingerprint density at radius 1 is 1.21 bits per heavy atom. The molecule has 2 heterocycles. The topological polar surface area (TPSA) is 72.3 Å². The van der Waals surface area contributed by atoms with Gasteiger partial charge in [0.15, 0.2) is 0 Å². The predicted octanol–water partition coefficient (Wildman–Crippen LogP) is 4.00. The number of amides is 1. The molecular weight excluding hydrogens is 410 g/mol. The van der Waals surface area contributed by atoms with Crippen molar-refractivity contribution >= 4 is 11.6 Å². The van der Waals surface area contributed by atoms with E-state index in [0.717, 1.165) is 43.1 Å². The summed E-state index contributed by atoms with van der Waals surface area (Å²) >= 11 is 0. The third kappa shape index (κ3) is 5.28. The number of anilines is 1. The van der Waals surface area contributed by atoms with E-state index < -0.39 is 0 Å². The van der Waals surface area contributed by atoms with Gasteiger partial charge in [0.25, 0.3) is 5.91 Å². The van der Waals surface area contributed by atoms with Gasteiger partial charge in [0, 0.05) is 50.5 Å². The lowest BCUT2D eigenvalue weighted by Crippen LogP contribution is -2.48. The Balaban J connectivity index is 1.46. The second kappa shape index (κ2) is 9.95. The number of hydrogen-bond donors (Lipinski definition) is 1. The lowest BCUT2D eigenvalue weighted by Gasteiger charge is -2.31. The first-order valence-electron chi connectivity index (χ1n) is 11.3. The summed E-state index contributed by atoms with van der Waals surface area (Å²) in [5.74, 6) is -0.0963. The standard InChI is InChI=1S/C27H29N5O/c1-19-17-32(14-13-29-19)18-21-7-9-24(10-8-21)31(3)27(33)25-11-12-26(30-20(25)2)23-6-4-5-22(15-23)16-28/h4-12,15,19,29H,13-14,17-18H2,1-3H3/t19-/m0/s1. The van der Waals surface area contributed by atoms with Gasteiger partial charge in [0.1, 0.15) is 0 Å². The van der Waals surface area contributed by atoms with Crippen LogP contribution in [0, 0.1) is 18.3 Å². The number of nitriles is 1. The fraction of sp³-hybridized carbons (Fsp3) is 0.296. The summed E-state index contributed by atoms with van der Waals surface area (Å²) in [6.45, 7) is 8.09. The van der Waals surface area contributed by atoms with Crippen LogP contribution in [0.2, 0.25) is 0 Å². The number of aryl methyl sites for hydroxylation is 1. The summed E-state index contributed by atoms with van der Waals surface area (Å²) in [5, 5.41) is 12.6. The van der Waals surface area contributed by atoms with Crippen molar-refractivity contribution in [3.05, 3.63) is 83.0 Å². The summed E-state index contributed by atoms with van der Waals surface area (Å²) in [6, 6.07) is 21.8. The van der Waals surface area contributed by atoms with Gasteiger partial charge < -0.3 is 10.2 Å². The van der Waals surface area contributed by atoms with Crippen molar-refractivity contribution in [2.24, 2.45) is 0 Å². The molecule has 0 aliphatic carbocycles. The van der Waals surface area contributed by atoms with E-state index in [1.54, 1.807) is 24.1 Å². The van der Waals surface area contributed by atoms with Gasteiger partial charge in [0.05, 0.1) is 28.6 Å². The number of benzene rings is 2. The summed E-state index contributed by atoms with van der Waals surface area (Å²) in [6.07, 6.45) is 0. The van der Waals surface area contributed by atoms with Crippen LogP contribution in [0.4, 0.5) is 5.69 Å². The number of nitrogens with one attached hydrogen (secondary N) is 1. The molecule has 1 aliphatic heterocycles. The van der Waals surface area contributed by atoms with Gasteiger partial charge in [-0.05, 0) is 55.8 Å². The Bertz CT molecular complexity index is 1180. The van der Waals surface area contributed by atoms with Gasteiger partial charge >= 0.3 is 0 Å². The highest BCUT2D eigenvalue weighted by molar-refractivity contribution is 6.06. The highest BCUT2D eigenvalue weighted by Gasteiger charge is 2.18. The largest absolute Gasteiger partial charge is 0.312 e. The summed E-state index contributed by atoms with van der Waals surface area (Å²) in [4.78, 5) is 21.9. The summed E-state index contributed by atoms with van der Waals surface area (Å²) in [7, 11) is 1.79. The molecular formula is C27H29N5O. The van der Waals surface area contributed by atoms with Crippen molar-refractivity contribution in [1.82, 2.24) is 15.2 Å². The molecule has 0 bridgehead atoms. The van der Waals surface area contributed by atoms with Crippen LogP contribution in [-0.2, 0) is 6.54 Å². The highest BCUT2D eigenvalue weighted by Crippen LogP contribution is 2.23. The molecule has 1 N–H and O–H groups in total. The normalized spacial score (nSPS) is 16.2. The first-order chi connectivity index (χ1) is 15.9. The number of carbonyl (C=O) groups is 1. The zero-order valence-corrected chi connectivity index (χ0v) is 19.4. The Kier molecular flexibility index (Phi) is 6.83. The average Bonchev–Trinajstić information content (AvgIpc) is 2.83. The quantitative estimate of drug-likeness (QED) is 0.651. The van der Waals surface area contributed by atoms with Crippen LogP contribution in [0.1, 0.15) is 34.1 Å². The van der Waals surface area contributed by atoms with Crippen molar-refractivity contribution in [2.45, 2.75) is 26.4 Å². The Morgan fingerprint density at radius 2 is 2.00 bits per heavy atom. The summed E-state index contributed by atoms with van der Waals surface area (Å²) < 4.78 is 0. The van der Waals surface area contributed by atoms with E-state index in [2.05, 4.69) is 40.3 Å². The number of pyridine rings is 1. The van der Waals surface area contributed by atoms with Crippen molar-refractivity contribution in [1.29, 1.82) is 5.26 Å². The van der Waals surface area contributed by atoms with Gasteiger partial charge in [-0.1, -0.05) is 24.3 Å². The van der Waals surface area contributed by atoms with Crippen molar-refractivity contribution in [3.63, 3.8) is 0 Å². The minimum Gasteiger partial charge on any atom is -0.312 e. The minimum atomic E-state index is -0.0963. The van der Waals surface area contributed by atoms with Gasteiger partial charge in [0.2, 0.25) is 0 Å². The smallest absolute Gasteiger partial charge is 0.259 e. The monoisotopic (exact) mass is 439 g/mol. The van der Waals surface area contributed by atoms with Crippen molar-refractivity contribution in [3.8, 4) is 17.3 Å². The number of aromatic nitrogens is 1. The van der Waals surface area contributed by atoms with Crippen LogP contribution in [0.3, 0.4) is 0 Å². The molecule has 6 heteroatoms. The van der Waals surface area contributed by atoms with E-state index in [9.17, 15) is 4.79 Å². The van der Waals surface area contributed by atoms with Crippen LogP contribution in [0.5, 0.6) is 0 Å². The Labute approximate surface area is 195 Å². The van der Waals surface area contributed by atoms with Crippen LogP contribution in [-0.4, -0.2) is 48.5 Å². The maximum atomic E-state index is 13.2. The van der Waals surface area contributed by atoms with E-state index in [0.29, 0.717) is 22.9 Å². The van der Waals surface area contributed by atoms with Gasteiger partial charge in [-0.25, -0.2) is 0 Å². The number of rotatable bonds is 5. The zero-order chi connectivity index (χ0) is 23.4. The van der Waals surface area contributed by atoms with Gasteiger partial charge in [-0.15, -0.1) is 0 Å². The number of carbonyl (C=O) groups excluding carboxylic acids is 1. The maximum Gasteiger partial charge on any atom is 0.259 e. The van der Waals surface area contributed by atoms with E-state index in [1.165, 1.54) is 5.56 Å². The van der Waals surface area contributed by atoms with E-state index >= 15 is 0 Å². The van der Waals surface area contributed by atoms with E-state index in [-0.39, 0.29) is 5.91 Å². The van der Waals surface area contributed by atoms with Gasteiger partial charge in [-0.3, -0.25) is 14.7 Å². The molecule has 0 spiro atoms. The molecule has 0 unspecified atom stereocenters. The summed E-state index contributed by atoms with van der Waals surface area (Å²) in [5.41, 5.74) is 5.52. The fourth-order valence-electron chi connectivity index (χ4n) is 4.23. The molecule has 168 valence electrons. The fourth-order valence-corrected chi connectivity index (χ4v) is 4.23. The number of hydrogen-bond acceptors (Lipinski definition) is 5. The minimum absolute atomic E-state index is 0.0963. The second-order valence-electron chi connectivity index (χ2n) is 8.64. The Hall–Kier alpha value is -3.53. The second-order valence-corrected chi connectivity index (χ2v) is 8.64. The highest BCUT2D eigenvalue weighted by atomic mass is 16.2. The molecule has 1 aromatic heterocycles. The molecule has 1 atom stereocenters. The van der Waals surface area contributed by atoms with Crippen LogP contribution in [0.25, 0.3) is 11.3 Å². The first kappa shape index (κ1) is 22.7. The van der Waals surface area contributed by atoms with Crippen LogP contribution in [0.15, 0.2) is 60.7 Å². The lowest BCUT2D eigenvalue weighted by molar-refractivity contribution is 0.0992. The van der Waals surface area contributed by atoms with Crippen molar-refractivity contribution < 1.29 is 4.79 Å². The predicted molar refractivity (Wildman–Crippen MR) is 131 cm³/mol. The average molecular weight is 440 g/mol.